The Morgan fingerprint density at radius 1 is 1.05 bits per heavy atom. The van der Waals surface area contributed by atoms with Gasteiger partial charge in [0.1, 0.15) is 5.65 Å². The third-order valence-electron chi connectivity index (χ3n) is 3.88. The summed E-state index contributed by atoms with van der Waals surface area (Å²) in [7, 11) is 0. The average Bonchev–Trinajstić information content (AvgIpc) is 2.99. The molecule has 0 unspecified atom stereocenters. The van der Waals surface area contributed by atoms with Crippen molar-refractivity contribution in [2.24, 2.45) is 0 Å². The maximum Gasteiger partial charge on any atom is 0.138 e. The molecule has 1 aliphatic heterocycles. The Morgan fingerprint density at radius 2 is 2.05 bits per heavy atom. The number of nitrogens with zero attached hydrogens (tertiary/aromatic N) is 2. The van der Waals surface area contributed by atoms with Crippen LogP contribution < -0.4 is 5.32 Å². The SMILES string of the molecule is C1=C(c2c[nH]c3nc(-c4ccccn4)ccc23)CCNC1. The zero-order valence-corrected chi connectivity index (χ0v) is 11.6. The van der Waals surface area contributed by atoms with E-state index in [0.29, 0.717) is 0 Å². The molecule has 0 bridgehead atoms. The normalized spacial score (nSPS) is 15.1. The van der Waals surface area contributed by atoms with Crippen molar-refractivity contribution in [1.29, 1.82) is 0 Å². The van der Waals surface area contributed by atoms with E-state index in [0.717, 1.165) is 36.5 Å². The summed E-state index contributed by atoms with van der Waals surface area (Å²) in [4.78, 5) is 12.4. The van der Waals surface area contributed by atoms with Crippen LogP contribution in [0.4, 0.5) is 0 Å². The average molecular weight is 276 g/mol. The number of aromatic nitrogens is 3. The van der Waals surface area contributed by atoms with E-state index in [4.69, 9.17) is 4.98 Å². The molecular formula is C17H16N4. The minimum Gasteiger partial charge on any atom is -0.346 e. The fourth-order valence-corrected chi connectivity index (χ4v) is 2.79. The number of rotatable bonds is 2. The highest BCUT2D eigenvalue weighted by atomic mass is 14.9. The van der Waals surface area contributed by atoms with Crippen LogP contribution in [0.1, 0.15) is 12.0 Å². The molecule has 0 amide bonds. The second kappa shape index (κ2) is 5.14. The molecule has 104 valence electrons. The number of nitrogens with one attached hydrogen (secondary N) is 2. The molecule has 0 aliphatic carbocycles. The molecule has 0 fully saturated rings. The predicted octanol–water partition coefficient (Wildman–Crippen LogP) is 3.00. The van der Waals surface area contributed by atoms with Gasteiger partial charge in [-0.2, -0.15) is 0 Å². The van der Waals surface area contributed by atoms with E-state index in [1.807, 2.05) is 24.3 Å². The second-order valence-corrected chi connectivity index (χ2v) is 5.19. The lowest BCUT2D eigenvalue weighted by molar-refractivity contribution is 0.739. The maximum absolute atomic E-state index is 4.70. The van der Waals surface area contributed by atoms with Crippen molar-refractivity contribution in [2.45, 2.75) is 6.42 Å². The first-order valence-corrected chi connectivity index (χ1v) is 7.21. The summed E-state index contributed by atoms with van der Waals surface area (Å²) in [5.74, 6) is 0. The molecule has 1 aliphatic rings. The van der Waals surface area contributed by atoms with Gasteiger partial charge in [-0.05, 0) is 42.8 Å². The molecule has 4 heteroatoms. The summed E-state index contributed by atoms with van der Waals surface area (Å²) in [5, 5.41) is 4.53. The molecule has 0 saturated carbocycles. The number of aromatic amines is 1. The lowest BCUT2D eigenvalue weighted by Gasteiger charge is -2.13. The monoisotopic (exact) mass is 276 g/mol. The minimum atomic E-state index is 0.899. The molecule has 0 spiro atoms. The summed E-state index contributed by atoms with van der Waals surface area (Å²) in [5.41, 5.74) is 5.39. The van der Waals surface area contributed by atoms with Crippen LogP contribution >= 0.6 is 0 Å². The van der Waals surface area contributed by atoms with Gasteiger partial charge in [-0.15, -0.1) is 0 Å². The predicted molar refractivity (Wildman–Crippen MR) is 84.8 cm³/mol. The second-order valence-electron chi connectivity index (χ2n) is 5.19. The van der Waals surface area contributed by atoms with Gasteiger partial charge in [-0.25, -0.2) is 4.98 Å². The molecule has 3 aromatic heterocycles. The molecule has 4 nitrogen and oxygen atoms in total. The van der Waals surface area contributed by atoms with Crippen LogP contribution in [0.5, 0.6) is 0 Å². The van der Waals surface area contributed by atoms with Crippen LogP contribution in [-0.2, 0) is 0 Å². The van der Waals surface area contributed by atoms with Gasteiger partial charge in [0.15, 0.2) is 0 Å². The first kappa shape index (κ1) is 12.3. The Labute approximate surface area is 122 Å². The topological polar surface area (TPSA) is 53.6 Å². The number of fused-ring (bicyclic) bond motifs is 1. The first-order chi connectivity index (χ1) is 10.4. The van der Waals surface area contributed by atoms with Gasteiger partial charge >= 0.3 is 0 Å². The Balaban J connectivity index is 1.79. The van der Waals surface area contributed by atoms with E-state index in [1.165, 1.54) is 16.5 Å². The van der Waals surface area contributed by atoms with Crippen molar-refractivity contribution in [3.63, 3.8) is 0 Å². The van der Waals surface area contributed by atoms with E-state index in [1.54, 1.807) is 6.20 Å². The van der Waals surface area contributed by atoms with Crippen molar-refractivity contribution in [1.82, 2.24) is 20.3 Å². The largest absolute Gasteiger partial charge is 0.346 e. The van der Waals surface area contributed by atoms with Crippen molar-refractivity contribution >= 4 is 16.6 Å². The smallest absolute Gasteiger partial charge is 0.138 e. The maximum atomic E-state index is 4.70. The third kappa shape index (κ3) is 2.23. The van der Waals surface area contributed by atoms with Crippen LogP contribution in [-0.4, -0.2) is 28.0 Å². The highest BCUT2D eigenvalue weighted by molar-refractivity contribution is 5.91. The van der Waals surface area contributed by atoms with E-state index in [-0.39, 0.29) is 0 Å². The minimum absolute atomic E-state index is 0.899. The van der Waals surface area contributed by atoms with Crippen molar-refractivity contribution < 1.29 is 0 Å². The standard InChI is InChI=1S/C17H16N4/c1-2-8-19-15(3-1)16-5-4-13-14(11-20-17(13)21-16)12-6-9-18-10-7-12/h1-6,8,11,18H,7,9-10H2,(H,20,21). The molecule has 0 radical (unpaired) electrons. The van der Waals surface area contributed by atoms with E-state index in [2.05, 4.69) is 33.6 Å². The van der Waals surface area contributed by atoms with Gasteiger partial charge in [-0.3, -0.25) is 4.98 Å². The fourth-order valence-electron chi connectivity index (χ4n) is 2.79. The summed E-state index contributed by atoms with van der Waals surface area (Å²) in [6, 6.07) is 10.1. The number of H-pyrrole nitrogens is 1. The molecule has 0 saturated heterocycles. The highest BCUT2D eigenvalue weighted by Crippen LogP contribution is 2.28. The van der Waals surface area contributed by atoms with Gasteiger partial charge in [0.05, 0.1) is 11.4 Å². The van der Waals surface area contributed by atoms with Crippen LogP contribution in [0.25, 0.3) is 28.0 Å². The van der Waals surface area contributed by atoms with Gasteiger partial charge in [0.2, 0.25) is 0 Å². The Morgan fingerprint density at radius 3 is 2.86 bits per heavy atom. The number of hydrogen-bond acceptors (Lipinski definition) is 3. The van der Waals surface area contributed by atoms with Gasteiger partial charge < -0.3 is 10.3 Å². The molecule has 2 N–H and O–H groups in total. The summed E-state index contributed by atoms with van der Waals surface area (Å²) in [6.07, 6.45) is 7.19. The van der Waals surface area contributed by atoms with E-state index in [9.17, 15) is 0 Å². The number of pyridine rings is 2. The van der Waals surface area contributed by atoms with Gasteiger partial charge in [0, 0.05) is 29.9 Å². The zero-order chi connectivity index (χ0) is 14.1. The van der Waals surface area contributed by atoms with Crippen LogP contribution in [0, 0.1) is 0 Å². The van der Waals surface area contributed by atoms with E-state index < -0.39 is 0 Å². The fraction of sp³-hybridized carbons (Fsp3) is 0.176. The molecule has 0 atom stereocenters. The molecule has 4 rings (SSSR count). The Kier molecular flexibility index (Phi) is 3.01. The summed E-state index contributed by atoms with van der Waals surface area (Å²) >= 11 is 0. The van der Waals surface area contributed by atoms with Crippen molar-refractivity contribution in [3.8, 4) is 11.4 Å². The molecule has 4 heterocycles. The van der Waals surface area contributed by atoms with Gasteiger partial charge in [0.25, 0.3) is 0 Å². The summed E-state index contributed by atoms with van der Waals surface area (Å²) < 4.78 is 0. The van der Waals surface area contributed by atoms with Crippen LogP contribution in [0.3, 0.4) is 0 Å². The molecule has 0 aromatic carbocycles. The zero-order valence-electron chi connectivity index (χ0n) is 11.6. The molecule has 21 heavy (non-hydrogen) atoms. The molecular weight excluding hydrogens is 260 g/mol. The van der Waals surface area contributed by atoms with E-state index >= 15 is 0 Å². The Bertz CT molecular complexity index is 802. The van der Waals surface area contributed by atoms with Crippen LogP contribution in [0.2, 0.25) is 0 Å². The third-order valence-corrected chi connectivity index (χ3v) is 3.88. The quantitative estimate of drug-likeness (QED) is 0.756. The molecule has 3 aromatic rings. The lowest BCUT2D eigenvalue weighted by atomic mass is 10.0. The lowest BCUT2D eigenvalue weighted by Crippen LogP contribution is -2.19. The van der Waals surface area contributed by atoms with Crippen LogP contribution in [0.15, 0.2) is 48.8 Å². The number of hydrogen-bond donors (Lipinski definition) is 2. The van der Waals surface area contributed by atoms with Crippen molar-refractivity contribution in [3.05, 3.63) is 54.4 Å². The summed E-state index contributed by atoms with van der Waals surface area (Å²) in [6.45, 7) is 1.99. The highest BCUT2D eigenvalue weighted by Gasteiger charge is 2.12. The first-order valence-electron chi connectivity index (χ1n) is 7.21. The Hall–Kier alpha value is -2.46. The van der Waals surface area contributed by atoms with Crippen molar-refractivity contribution in [2.75, 3.05) is 13.1 Å². The van der Waals surface area contributed by atoms with Gasteiger partial charge in [-0.1, -0.05) is 12.1 Å².